The van der Waals surface area contributed by atoms with Crippen molar-refractivity contribution in [1.29, 1.82) is 0 Å². The molecule has 0 aliphatic heterocycles. The number of fused-ring (bicyclic) bond motifs is 5. The van der Waals surface area contributed by atoms with E-state index in [2.05, 4.69) is 13.8 Å². The highest BCUT2D eigenvalue weighted by Gasteiger charge is 2.60. The molecule has 7 atom stereocenters. The van der Waals surface area contributed by atoms with Gasteiger partial charge in [0.15, 0.2) is 0 Å². The third-order valence-electron chi connectivity index (χ3n) is 10.2. The summed E-state index contributed by atoms with van der Waals surface area (Å²) in [4.78, 5) is 24.9. The number of ketones is 1. The van der Waals surface area contributed by atoms with Crippen LogP contribution in [-0.2, 0) is 14.3 Å². The number of halogens is 3. The van der Waals surface area contributed by atoms with Gasteiger partial charge in [0, 0.05) is 24.7 Å². The van der Waals surface area contributed by atoms with Crippen molar-refractivity contribution >= 4 is 11.8 Å². The molecule has 4 aliphatic carbocycles. The van der Waals surface area contributed by atoms with E-state index in [4.69, 9.17) is 4.74 Å². The summed E-state index contributed by atoms with van der Waals surface area (Å²) in [6.45, 7) is 4.69. The molecule has 6 heteroatoms. The summed E-state index contributed by atoms with van der Waals surface area (Å²) in [5.41, 5.74) is 0.209. The van der Waals surface area contributed by atoms with E-state index in [1.54, 1.807) is 0 Å². The van der Waals surface area contributed by atoms with Gasteiger partial charge >= 0.3 is 12.1 Å². The van der Waals surface area contributed by atoms with E-state index in [1.807, 2.05) is 0 Å². The zero-order valence-electron chi connectivity index (χ0n) is 20.4. The number of esters is 1. The summed E-state index contributed by atoms with van der Waals surface area (Å²) < 4.78 is 42.4. The van der Waals surface area contributed by atoms with Gasteiger partial charge in [0.25, 0.3) is 0 Å². The van der Waals surface area contributed by atoms with E-state index >= 15 is 0 Å². The summed E-state index contributed by atoms with van der Waals surface area (Å²) in [5, 5.41) is 0. The molecular weight excluding hydrogens is 429 g/mol. The van der Waals surface area contributed by atoms with Crippen LogP contribution in [0.4, 0.5) is 13.2 Å². The van der Waals surface area contributed by atoms with Crippen molar-refractivity contribution in [1.82, 2.24) is 0 Å². The summed E-state index contributed by atoms with van der Waals surface area (Å²) in [5.74, 6) is 2.81. The van der Waals surface area contributed by atoms with Crippen LogP contribution in [0.2, 0.25) is 0 Å². The molecule has 0 saturated heterocycles. The standard InChI is InChI=1S/C27H41F3O3/c1-25-15-12-19(33-24(32)7-5-3-4-6-14-27(28,29)30)17-18(25)8-9-20-21-10-11-23(31)26(21,2)16-13-22(20)25/h18-22H,3-17H2,1-2H3/t18-,19+,20+,21+,22+,25+,26+/m1/s1. The van der Waals surface area contributed by atoms with Crippen molar-refractivity contribution in [2.24, 2.45) is 34.5 Å². The summed E-state index contributed by atoms with van der Waals surface area (Å²) in [7, 11) is 0. The predicted octanol–water partition coefficient (Wildman–Crippen LogP) is 7.41. The molecule has 4 saturated carbocycles. The van der Waals surface area contributed by atoms with Crippen molar-refractivity contribution in [3.8, 4) is 0 Å². The Balaban J connectivity index is 1.23. The molecule has 0 heterocycles. The molecule has 0 unspecified atom stereocenters. The molecule has 4 rings (SSSR count). The van der Waals surface area contributed by atoms with Crippen molar-refractivity contribution in [3.05, 3.63) is 0 Å². The van der Waals surface area contributed by atoms with Crippen molar-refractivity contribution in [2.75, 3.05) is 0 Å². The van der Waals surface area contributed by atoms with Crippen LogP contribution in [-0.4, -0.2) is 24.0 Å². The number of unbranched alkanes of at least 4 members (excludes halogenated alkanes) is 3. The maximum absolute atomic E-state index is 12.6. The number of Topliss-reactive ketones (excluding diaryl/α,β-unsaturated/α-hetero) is 1. The van der Waals surface area contributed by atoms with Gasteiger partial charge in [-0.1, -0.05) is 26.7 Å². The average Bonchev–Trinajstić information content (AvgIpc) is 3.05. The van der Waals surface area contributed by atoms with E-state index in [9.17, 15) is 22.8 Å². The van der Waals surface area contributed by atoms with Crippen LogP contribution in [0.25, 0.3) is 0 Å². The van der Waals surface area contributed by atoms with Crippen LogP contribution in [0.3, 0.4) is 0 Å². The fourth-order valence-corrected chi connectivity index (χ4v) is 8.29. The Morgan fingerprint density at radius 2 is 1.73 bits per heavy atom. The van der Waals surface area contributed by atoms with E-state index in [1.165, 1.54) is 12.8 Å². The first kappa shape index (κ1) is 25.0. The molecule has 0 aromatic rings. The third kappa shape index (κ3) is 5.15. The number of hydrogen-bond donors (Lipinski definition) is 0. The number of hydrogen-bond acceptors (Lipinski definition) is 3. The van der Waals surface area contributed by atoms with Crippen molar-refractivity contribution < 1.29 is 27.5 Å². The van der Waals surface area contributed by atoms with Gasteiger partial charge in [0.1, 0.15) is 11.9 Å². The molecule has 0 bridgehead atoms. The lowest BCUT2D eigenvalue weighted by Crippen LogP contribution is -2.54. The molecule has 4 aliphatic rings. The van der Waals surface area contributed by atoms with Gasteiger partial charge in [-0.3, -0.25) is 9.59 Å². The van der Waals surface area contributed by atoms with Crippen LogP contribution in [0, 0.1) is 34.5 Å². The second kappa shape index (κ2) is 9.53. The minimum Gasteiger partial charge on any atom is -0.462 e. The minimum atomic E-state index is -4.08. The molecule has 188 valence electrons. The molecule has 0 aromatic carbocycles. The van der Waals surface area contributed by atoms with E-state index in [0.29, 0.717) is 55.1 Å². The molecule has 4 fully saturated rings. The Kier molecular flexibility index (Phi) is 7.23. The Bertz CT molecular complexity index is 735. The van der Waals surface area contributed by atoms with Gasteiger partial charge in [0.05, 0.1) is 0 Å². The molecule has 3 nitrogen and oxygen atoms in total. The van der Waals surface area contributed by atoms with Gasteiger partial charge < -0.3 is 4.74 Å². The highest BCUT2D eigenvalue weighted by atomic mass is 19.4. The zero-order chi connectivity index (χ0) is 23.9. The number of ether oxygens (including phenoxy) is 1. The average molecular weight is 471 g/mol. The first-order valence-electron chi connectivity index (χ1n) is 13.3. The normalized spacial score (nSPS) is 40.6. The quantitative estimate of drug-likeness (QED) is 0.287. The van der Waals surface area contributed by atoms with Crippen LogP contribution in [0.15, 0.2) is 0 Å². The van der Waals surface area contributed by atoms with Gasteiger partial charge in [-0.2, -0.15) is 13.2 Å². The second-order valence-electron chi connectivity index (χ2n) is 12.0. The van der Waals surface area contributed by atoms with Crippen molar-refractivity contribution in [3.63, 3.8) is 0 Å². The fourth-order valence-electron chi connectivity index (χ4n) is 8.29. The van der Waals surface area contributed by atoms with Crippen LogP contribution in [0.1, 0.15) is 110 Å². The minimum absolute atomic E-state index is 0.0146. The summed E-state index contributed by atoms with van der Waals surface area (Å²) in [6, 6.07) is 0. The van der Waals surface area contributed by atoms with Gasteiger partial charge in [-0.05, 0) is 93.3 Å². The predicted molar refractivity (Wildman–Crippen MR) is 120 cm³/mol. The fraction of sp³-hybridized carbons (Fsp3) is 0.926. The Hall–Kier alpha value is -1.07. The highest BCUT2D eigenvalue weighted by Crippen LogP contribution is 2.65. The van der Waals surface area contributed by atoms with E-state index in [-0.39, 0.29) is 29.3 Å². The first-order chi connectivity index (χ1) is 15.5. The van der Waals surface area contributed by atoms with Crippen LogP contribution < -0.4 is 0 Å². The summed E-state index contributed by atoms with van der Waals surface area (Å²) in [6.07, 6.45) is 6.73. The lowest BCUT2D eigenvalue weighted by molar-refractivity contribution is -0.162. The second-order valence-corrected chi connectivity index (χ2v) is 12.0. The number of carbonyl (C=O) groups is 2. The molecule has 33 heavy (non-hydrogen) atoms. The maximum atomic E-state index is 12.6. The Morgan fingerprint density at radius 1 is 0.970 bits per heavy atom. The SMILES string of the molecule is C[C@]12CC[C@H](OC(=O)CCCCCCC(F)(F)F)C[C@H]1CC[C@@H]1[C@@H]2CC[C@]2(C)C(=O)CC[C@@H]12. The Labute approximate surface area is 196 Å². The maximum Gasteiger partial charge on any atom is 0.389 e. The molecular formula is C27H41F3O3. The Morgan fingerprint density at radius 3 is 2.48 bits per heavy atom. The van der Waals surface area contributed by atoms with Gasteiger partial charge in [-0.15, -0.1) is 0 Å². The van der Waals surface area contributed by atoms with E-state index in [0.717, 1.165) is 44.9 Å². The smallest absolute Gasteiger partial charge is 0.389 e. The first-order valence-corrected chi connectivity index (χ1v) is 13.3. The van der Waals surface area contributed by atoms with Gasteiger partial charge in [0.2, 0.25) is 0 Å². The van der Waals surface area contributed by atoms with Crippen LogP contribution >= 0.6 is 0 Å². The number of carbonyl (C=O) groups excluding carboxylic acids is 2. The topological polar surface area (TPSA) is 43.4 Å². The zero-order valence-corrected chi connectivity index (χ0v) is 20.4. The summed E-state index contributed by atoms with van der Waals surface area (Å²) >= 11 is 0. The van der Waals surface area contributed by atoms with E-state index < -0.39 is 12.6 Å². The monoisotopic (exact) mass is 470 g/mol. The molecule has 0 aromatic heterocycles. The largest absolute Gasteiger partial charge is 0.462 e. The van der Waals surface area contributed by atoms with Gasteiger partial charge in [-0.25, -0.2) is 0 Å². The number of rotatable bonds is 7. The molecule has 0 radical (unpaired) electrons. The lowest BCUT2D eigenvalue weighted by Gasteiger charge is -2.60. The van der Waals surface area contributed by atoms with Crippen molar-refractivity contribution in [2.45, 2.75) is 122 Å². The van der Waals surface area contributed by atoms with Crippen LogP contribution in [0.5, 0.6) is 0 Å². The molecule has 0 spiro atoms. The number of alkyl halides is 3. The lowest BCUT2D eigenvalue weighted by atomic mass is 9.45. The molecule has 0 amide bonds. The molecule has 0 N–H and O–H groups in total. The third-order valence-corrected chi connectivity index (χ3v) is 10.2. The highest BCUT2D eigenvalue weighted by molar-refractivity contribution is 5.87.